The average molecular weight is 492 g/mol. The van der Waals surface area contributed by atoms with Gasteiger partial charge in [0.2, 0.25) is 5.91 Å². The van der Waals surface area contributed by atoms with Gasteiger partial charge in [-0.15, -0.1) is 0 Å². The summed E-state index contributed by atoms with van der Waals surface area (Å²) in [5.74, 6) is -0.396. The zero-order valence-corrected chi connectivity index (χ0v) is 19.9. The molecule has 1 saturated heterocycles. The summed E-state index contributed by atoms with van der Waals surface area (Å²) in [6, 6.07) is 18.4. The minimum absolute atomic E-state index is 0.0471. The summed E-state index contributed by atoms with van der Waals surface area (Å²) < 4.78 is 0. The Morgan fingerprint density at radius 3 is 2.71 bits per heavy atom. The van der Waals surface area contributed by atoms with Crippen LogP contribution in [0.2, 0.25) is 5.02 Å². The zero-order valence-electron chi connectivity index (χ0n) is 19.1. The quantitative estimate of drug-likeness (QED) is 0.416. The number of para-hydroxylation sites is 1. The number of rotatable bonds is 6. The van der Waals surface area contributed by atoms with Crippen molar-refractivity contribution in [3.05, 3.63) is 93.3 Å². The largest absolute Gasteiger partial charge is 0.366 e. The number of fused-ring (bicyclic) bond motifs is 3. The number of nitrogens with one attached hydrogen (secondary N) is 1. The van der Waals surface area contributed by atoms with Crippen LogP contribution >= 0.6 is 11.6 Å². The Bertz CT molecular complexity index is 1240. The molecule has 1 amide bonds. The van der Waals surface area contributed by atoms with E-state index in [-0.39, 0.29) is 28.5 Å². The lowest BCUT2D eigenvalue weighted by atomic mass is 9.83. The fourth-order valence-electron chi connectivity index (χ4n) is 5.14. The number of carbonyl (C=O) groups excluding carboxylic acids is 1. The fourth-order valence-corrected chi connectivity index (χ4v) is 5.40. The molecule has 8 nitrogen and oxygen atoms in total. The predicted molar refractivity (Wildman–Crippen MR) is 136 cm³/mol. The van der Waals surface area contributed by atoms with Crippen LogP contribution in [-0.2, 0) is 17.6 Å². The zero-order chi connectivity index (χ0) is 24.4. The van der Waals surface area contributed by atoms with Crippen molar-refractivity contribution in [2.24, 2.45) is 5.92 Å². The Morgan fingerprint density at radius 1 is 1.11 bits per heavy atom. The van der Waals surface area contributed by atoms with Crippen molar-refractivity contribution in [3.8, 4) is 0 Å². The highest BCUT2D eigenvalue weighted by molar-refractivity contribution is 6.33. The highest BCUT2D eigenvalue weighted by atomic mass is 35.5. The van der Waals surface area contributed by atoms with Crippen LogP contribution in [0.1, 0.15) is 11.3 Å². The van der Waals surface area contributed by atoms with Crippen LogP contribution in [0.15, 0.2) is 66.9 Å². The van der Waals surface area contributed by atoms with E-state index in [4.69, 9.17) is 11.6 Å². The second-order valence-electron chi connectivity index (χ2n) is 8.90. The number of halogens is 1. The number of pyridine rings is 1. The highest BCUT2D eigenvalue weighted by Gasteiger charge is 2.42. The molecule has 0 spiro atoms. The van der Waals surface area contributed by atoms with E-state index < -0.39 is 0 Å². The van der Waals surface area contributed by atoms with Gasteiger partial charge in [0.25, 0.3) is 5.69 Å². The van der Waals surface area contributed by atoms with Gasteiger partial charge in [-0.3, -0.25) is 19.9 Å². The van der Waals surface area contributed by atoms with E-state index in [1.165, 1.54) is 0 Å². The van der Waals surface area contributed by atoms with Gasteiger partial charge in [0.05, 0.1) is 27.6 Å². The minimum Gasteiger partial charge on any atom is -0.366 e. The van der Waals surface area contributed by atoms with Gasteiger partial charge in [0.1, 0.15) is 0 Å². The second-order valence-corrected chi connectivity index (χ2v) is 9.31. The van der Waals surface area contributed by atoms with Crippen molar-refractivity contribution in [3.63, 3.8) is 0 Å². The second kappa shape index (κ2) is 9.92. The third-order valence-electron chi connectivity index (χ3n) is 6.84. The monoisotopic (exact) mass is 491 g/mol. The molecular weight excluding hydrogens is 466 g/mol. The molecule has 2 aliphatic heterocycles. The van der Waals surface area contributed by atoms with Crippen molar-refractivity contribution >= 4 is 34.6 Å². The van der Waals surface area contributed by atoms with Gasteiger partial charge in [-0.25, -0.2) is 0 Å². The lowest BCUT2D eigenvalue weighted by molar-refractivity contribution is -0.384. The van der Waals surface area contributed by atoms with E-state index in [0.29, 0.717) is 37.5 Å². The molecule has 0 saturated carbocycles. The first-order chi connectivity index (χ1) is 17.0. The third kappa shape index (κ3) is 4.79. The van der Waals surface area contributed by atoms with E-state index in [9.17, 15) is 14.9 Å². The molecule has 9 heteroatoms. The van der Waals surface area contributed by atoms with Gasteiger partial charge in [-0.1, -0.05) is 29.8 Å². The third-order valence-corrected chi connectivity index (χ3v) is 7.16. The number of nitrogens with zero attached hydrogens (tertiary/aromatic N) is 4. The van der Waals surface area contributed by atoms with Gasteiger partial charge in [-0.05, 0) is 42.3 Å². The number of non-ortho nitro benzene ring substituents is 1. The van der Waals surface area contributed by atoms with Crippen LogP contribution in [0.4, 0.5) is 17.1 Å². The maximum absolute atomic E-state index is 13.4. The summed E-state index contributed by atoms with van der Waals surface area (Å²) in [4.78, 5) is 33.2. The summed E-state index contributed by atoms with van der Waals surface area (Å²) in [6.45, 7) is 2.55. The maximum atomic E-state index is 13.4. The number of nitro groups is 1. The summed E-state index contributed by atoms with van der Waals surface area (Å²) >= 11 is 6.48. The molecule has 2 aliphatic rings. The van der Waals surface area contributed by atoms with Gasteiger partial charge < -0.3 is 15.1 Å². The first kappa shape index (κ1) is 23.1. The highest BCUT2D eigenvalue weighted by Crippen LogP contribution is 2.39. The Labute approximate surface area is 208 Å². The number of piperazine rings is 1. The van der Waals surface area contributed by atoms with Crippen molar-refractivity contribution in [1.29, 1.82) is 0 Å². The van der Waals surface area contributed by atoms with Gasteiger partial charge >= 0.3 is 0 Å². The maximum Gasteiger partial charge on any atom is 0.269 e. The van der Waals surface area contributed by atoms with Crippen LogP contribution in [0, 0.1) is 16.0 Å². The molecule has 1 fully saturated rings. The van der Waals surface area contributed by atoms with Crippen LogP contribution in [0.25, 0.3) is 0 Å². The number of amides is 1. The first-order valence-corrected chi connectivity index (χ1v) is 12.1. The Balaban J connectivity index is 1.40. The SMILES string of the molecule is O=C(NCCc1ccccn1)[C@H]1Cc2cc([N+](=O)[O-])ccc2N2CCN(c3ccccc3Cl)C[C@@H]12. The molecular formula is C26H26ClN5O3. The molecule has 180 valence electrons. The van der Waals surface area contributed by atoms with E-state index in [1.54, 1.807) is 18.3 Å². The molecule has 2 aromatic carbocycles. The number of nitro benzene ring substituents is 1. The standard InChI is InChI=1S/C26H26ClN5O3/c27-22-6-1-2-7-24(22)30-13-14-31-23-9-8-20(32(34)35)15-18(23)16-21(25(31)17-30)26(33)29-12-10-19-5-3-4-11-28-19/h1-9,11,15,21,25H,10,12-14,16-17H2,(H,29,33)/t21-,25-/m0/s1. The lowest BCUT2D eigenvalue weighted by Crippen LogP contribution is -2.61. The fraction of sp³-hybridized carbons (Fsp3) is 0.308. The molecule has 1 N–H and O–H groups in total. The lowest BCUT2D eigenvalue weighted by Gasteiger charge is -2.49. The number of anilines is 2. The van der Waals surface area contributed by atoms with Crippen molar-refractivity contribution < 1.29 is 9.72 Å². The minimum atomic E-state index is -0.385. The Kier molecular flexibility index (Phi) is 6.55. The molecule has 0 unspecified atom stereocenters. The molecule has 2 atom stereocenters. The van der Waals surface area contributed by atoms with Gasteiger partial charge in [-0.2, -0.15) is 0 Å². The molecule has 3 heterocycles. The molecule has 1 aromatic heterocycles. The number of hydrogen-bond acceptors (Lipinski definition) is 6. The van der Waals surface area contributed by atoms with Crippen LogP contribution in [-0.4, -0.2) is 48.0 Å². The van der Waals surface area contributed by atoms with E-state index in [1.807, 2.05) is 48.5 Å². The van der Waals surface area contributed by atoms with Crippen LogP contribution in [0.5, 0.6) is 0 Å². The van der Waals surface area contributed by atoms with E-state index in [0.717, 1.165) is 29.2 Å². The number of hydrogen-bond donors (Lipinski definition) is 1. The molecule has 5 rings (SSSR count). The summed E-state index contributed by atoms with van der Waals surface area (Å²) in [5.41, 5.74) is 3.73. The molecule has 0 radical (unpaired) electrons. The molecule has 0 aliphatic carbocycles. The van der Waals surface area contributed by atoms with Crippen LogP contribution in [0.3, 0.4) is 0 Å². The molecule has 0 bridgehead atoms. The number of aromatic nitrogens is 1. The molecule has 35 heavy (non-hydrogen) atoms. The van der Waals surface area contributed by atoms with Crippen molar-refractivity contribution in [1.82, 2.24) is 10.3 Å². The van der Waals surface area contributed by atoms with Gasteiger partial charge in [0.15, 0.2) is 0 Å². The van der Waals surface area contributed by atoms with Crippen LogP contribution < -0.4 is 15.1 Å². The van der Waals surface area contributed by atoms with Gasteiger partial charge in [0, 0.05) is 62.3 Å². The average Bonchev–Trinajstić information content (AvgIpc) is 2.88. The summed E-state index contributed by atoms with van der Waals surface area (Å²) in [6.07, 6.45) is 2.83. The molecule has 3 aromatic rings. The number of benzene rings is 2. The predicted octanol–water partition coefficient (Wildman–Crippen LogP) is 3.87. The first-order valence-electron chi connectivity index (χ1n) is 11.7. The van der Waals surface area contributed by atoms with Crippen molar-refractivity contribution in [2.75, 3.05) is 36.0 Å². The topological polar surface area (TPSA) is 91.6 Å². The number of carbonyl (C=O) groups is 1. The normalized spacial score (nSPS) is 19.0. The summed E-state index contributed by atoms with van der Waals surface area (Å²) in [7, 11) is 0. The van der Waals surface area contributed by atoms with E-state index in [2.05, 4.69) is 20.1 Å². The van der Waals surface area contributed by atoms with E-state index >= 15 is 0 Å². The van der Waals surface area contributed by atoms with Crippen molar-refractivity contribution in [2.45, 2.75) is 18.9 Å². The smallest absolute Gasteiger partial charge is 0.269 e. The Morgan fingerprint density at radius 2 is 1.94 bits per heavy atom. The summed E-state index contributed by atoms with van der Waals surface area (Å²) in [5, 5.41) is 15.1. The Hall–Kier alpha value is -3.65.